The van der Waals surface area contributed by atoms with E-state index in [0.717, 1.165) is 22.4 Å². The number of amides is 1. The normalized spacial score (nSPS) is 16.4. The van der Waals surface area contributed by atoms with Crippen molar-refractivity contribution in [1.82, 2.24) is 4.90 Å². The Bertz CT molecular complexity index is 1160. The van der Waals surface area contributed by atoms with Crippen LogP contribution in [0.1, 0.15) is 16.7 Å². The zero-order valence-electron chi connectivity index (χ0n) is 17.2. The number of hydrogen-bond donors (Lipinski definition) is 0. The largest absolute Gasteiger partial charge is 0.496 e. The molecule has 0 aromatic heterocycles. The van der Waals surface area contributed by atoms with E-state index >= 15 is 0 Å². The molecule has 1 aliphatic rings. The van der Waals surface area contributed by atoms with Gasteiger partial charge < -0.3 is 4.74 Å². The number of amidine groups is 1. The number of ether oxygens (including phenoxy) is 1. The van der Waals surface area contributed by atoms with Crippen LogP contribution in [-0.4, -0.2) is 23.1 Å². The highest BCUT2D eigenvalue weighted by molar-refractivity contribution is 8.18. The van der Waals surface area contributed by atoms with Gasteiger partial charge in [-0.3, -0.25) is 9.69 Å². The minimum atomic E-state index is -0.0956. The second-order valence-electron chi connectivity index (χ2n) is 7.10. The van der Waals surface area contributed by atoms with Crippen LogP contribution in [0, 0.1) is 6.92 Å². The van der Waals surface area contributed by atoms with Crippen LogP contribution >= 0.6 is 23.4 Å². The lowest BCUT2D eigenvalue weighted by Gasteiger charge is -2.15. The molecule has 1 amide bonds. The van der Waals surface area contributed by atoms with Gasteiger partial charge in [0, 0.05) is 10.6 Å². The Kier molecular flexibility index (Phi) is 6.44. The number of rotatable bonds is 5. The summed E-state index contributed by atoms with van der Waals surface area (Å²) in [4.78, 5) is 20.4. The van der Waals surface area contributed by atoms with Crippen molar-refractivity contribution in [2.75, 3.05) is 7.11 Å². The van der Waals surface area contributed by atoms with Gasteiger partial charge >= 0.3 is 0 Å². The lowest BCUT2D eigenvalue weighted by atomic mass is 10.1. The molecule has 0 atom stereocenters. The number of carbonyl (C=O) groups is 1. The number of halogens is 1. The van der Waals surface area contributed by atoms with E-state index in [0.29, 0.717) is 27.4 Å². The third kappa shape index (κ3) is 5.01. The fourth-order valence-electron chi connectivity index (χ4n) is 3.19. The minimum absolute atomic E-state index is 0.0956. The average molecular weight is 449 g/mol. The van der Waals surface area contributed by atoms with Crippen molar-refractivity contribution in [3.8, 4) is 5.75 Å². The van der Waals surface area contributed by atoms with Gasteiger partial charge in [-0.25, -0.2) is 4.99 Å². The Hall–Kier alpha value is -3.02. The lowest BCUT2D eigenvalue weighted by Crippen LogP contribution is -2.28. The third-order valence-electron chi connectivity index (χ3n) is 4.81. The number of aliphatic imine (C=N–C) groups is 1. The summed E-state index contributed by atoms with van der Waals surface area (Å²) in [5, 5.41) is 1.22. The van der Waals surface area contributed by atoms with Crippen LogP contribution in [0.3, 0.4) is 0 Å². The van der Waals surface area contributed by atoms with E-state index in [1.807, 2.05) is 67.6 Å². The Labute approximate surface area is 191 Å². The molecule has 1 saturated heterocycles. The predicted octanol–water partition coefficient (Wildman–Crippen LogP) is 6.46. The molecule has 0 aliphatic carbocycles. The second kappa shape index (κ2) is 9.41. The Balaban J connectivity index is 1.73. The first-order valence-electron chi connectivity index (χ1n) is 9.78. The number of thioether (sulfide) groups is 1. The molecule has 0 unspecified atom stereocenters. The summed E-state index contributed by atoms with van der Waals surface area (Å²) in [5.74, 6) is 0.561. The average Bonchev–Trinajstić information content (AvgIpc) is 3.05. The number of aryl methyl sites for hydroxylation is 1. The summed E-state index contributed by atoms with van der Waals surface area (Å²) in [6.45, 7) is 2.48. The highest BCUT2D eigenvalue weighted by Crippen LogP contribution is 2.37. The fraction of sp³-hybridized carbons (Fsp3) is 0.120. The van der Waals surface area contributed by atoms with E-state index in [1.165, 1.54) is 11.8 Å². The molecule has 4 nitrogen and oxygen atoms in total. The van der Waals surface area contributed by atoms with Crippen LogP contribution in [0.2, 0.25) is 5.02 Å². The van der Waals surface area contributed by atoms with E-state index in [1.54, 1.807) is 30.2 Å². The molecule has 0 spiro atoms. The first-order valence-corrected chi connectivity index (χ1v) is 11.0. The van der Waals surface area contributed by atoms with Gasteiger partial charge in [0.2, 0.25) is 0 Å². The molecule has 3 aromatic carbocycles. The molecule has 0 radical (unpaired) electrons. The molecule has 4 rings (SSSR count). The lowest BCUT2D eigenvalue weighted by molar-refractivity contribution is -0.122. The Morgan fingerprint density at radius 1 is 1.06 bits per heavy atom. The van der Waals surface area contributed by atoms with Crippen LogP contribution in [0.25, 0.3) is 6.08 Å². The molecule has 0 N–H and O–H groups in total. The van der Waals surface area contributed by atoms with Gasteiger partial charge in [-0.2, -0.15) is 0 Å². The smallest absolute Gasteiger partial charge is 0.267 e. The third-order valence-corrected chi connectivity index (χ3v) is 6.05. The fourth-order valence-corrected chi connectivity index (χ4v) is 4.36. The second-order valence-corrected chi connectivity index (χ2v) is 8.55. The van der Waals surface area contributed by atoms with Crippen LogP contribution in [-0.2, 0) is 11.3 Å². The molecule has 156 valence electrons. The Morgan fingerprint density at radius 3 is 2.52 bits per heavy atom. The van der Waals surface area contributed by atoms with Gasteiger partial charge in [0.05, 0.1) is 24.2 Å². The maximum absolute atomic E-state index is 13.3. The summed E-state index contributed by atoms with van der Waals surface area (Å²) >= 11 is 7.52. The standard InChI is InChI=1S/C25H21ClN2O2S/c1-17-8-11-21(12-9-17)27-25-28(16-18-6-4-3-5-7-18)24(29)23(31-25)15-19-14-20(26)10-13-22(19)30-2/h3-15H,16H2,1-2H3/b23-15-,27-25?. The topological polar surface area (TPSA) is 41.9 Å². The van der Waals surface area contributed by atoms with Crippen LogP contribution in [0.15, 0.2) is 82.7 Å². The summed E-state index contributed by atoms with van der Waals surface area (Å²) in [6, 6.07) is 23.2. The molecular weight excluding hydrogens is 428 g/mol. The highest BCUT2D eigenvalue weighted by atomic mass is 35.5. The highest BCUT2D eigenvalue weighted by Gasteiger charge is 2.33. The molecule has 31 heavy (non-hydrogen) atoms. The first kappa shape index (κ1) is 21.2. The molecule has 3 aromatic rings. The number of benzene rings is 3. The van der Waals surface area contributed by atoms with Gasteiger partial charge in [0.15, 0.2) is 5.17 Å². The van der Waals surface area contributed by atoms with Gasteiger partial charge in [0.1, 0.15) is 5.75 Å². The maximum atomic E-state index is 13.3. The molecular formula is C25H21ClN2O2S. The van der Waals surface area contributed by atoms with Crippen molar-refractivity contribution < 1.29 is 9.53 Å². The number of carbonyl (C=O) groups excluding carboxylic acids is 1. The molecule has 0 saturated carbocycles. The summed E-state index contributed by atoms with van der Waals surface area (Å²) in [6.07, 6.45) is 1.81. The van der Waals surface area contributed by atoms with Crippen molar-refractivity contribution in [3.05, 3.63) is 99.4 Å². The van der Waals surface area contributed by atoms with Crippen LogP contribution in [0.5, 0.6) is 5.75 Å². The molecule has 1 fully saturated rings. The van der Waals surface area contributed by atoms with Crippen molar-refractivity contribution in [3.63, 3.8) is 0 Å². The van der Waals surface area contributed by atoms with Gasteiger partial charge in [-0.15, -0.1) is 0 Å². The Morgan fingerprint density at radius 2 is 1.81 bits per heavy atom. The number of nitrogens with zero attached hydrogens (tertiary/aromatic N) is 2. The van der Waals surface area contributed by atoms with Crippen LogP contribution in [0.4, 0.5) is 5.69 Å². The predicted molar refractivity (Wildman–Crippen MR) is 129 cm³/mol. The van der Waals surface area contributed by atoms with E-state index in [2.05, 4.69) is 0 Å². The van der Waals surface area contributed by atoms with Crippen LogP contribution < -0.4 is 4.74 Å². The zero-order valence-corrected chi connectivity index (χ0v) is 18.8. The van der Waals surface area contributed by atoms with Crippen molar-refractivity contribution in [1.29, 1.82) is 0 Å². The van der Waals surface area contributed by atoms with E-state index < -0.39 is 0 Å². The zero-order chi connectivity index (χ0) is 21.8. The summed E-state index contributed by atoms with van der Waals surface area (Å²) in [7, 11) is 1.60. The number of methoxy groups -OCH3 is 1. The van der Waals surface area contributed by atoms with Crippen molar-refractivity contribution in [2.24, 2.45) is 4.99 Å². The van der Waals surface area contributed by atoms with Crippen molar-refractivity contribution in [2.45, 2.75) is 13.5 Å². The quantitative estimate of drug-likeness (QED) is 0.420. The molecule has 6 heteroatoms. The summed E-state index contributed by atoms with van der Waals surface area (Å²) < 4.78 is 5.43. The monoisotopic (exact) mass is 448 g/mol. The SMILES string of the molecule is COc1ccc(Cl)cc1/C=C1\SC(=Nc2ccc(C)cc2)N(Cc2ccccc2)C1=O. The van der Waals surface area contributed by atoms with Gasteiger partial charge in [0.25, 0.3) is 5.91 Å². The van der Waals surface area contributed by atoms with Gasteiger partial charge in [-0.1, -0.05) is 59.6 Å². The molecule has 1 aliphatic heterocycles. The first-order chi connectivity index (χ1) is 15.0. The maximum Gasteiger partial charge on any atom is 0.267 e. The molecule has 0 bridgehead atoms. The minimum Gasteiger partial charge on any atom is -0.496 e. The van der Waals surface area contributed by atoms with Gasteiger partial charge in [-0.05, 0) is 60.7 Å². The summed E-state index contributed by atoms with van der Waals surface area (Å²) in [5.41, 5.74) is 3.76. The van der Waals surface area contributed by atoms with E-state index in [4.69, 9.17) is 21.3 Å². The van der Waals surface area contributed by atoms with E-state index in [9.17, 15) is 4.79 Å². The van der Waals surface area contributed by atoms with E-state index in [-0.39, 0.29) is 5.91 Å². The molecule has 1 heterocycles. The number of hydrogen-bond acceptors (Lipinski definition) is 4. The van der Waals surface area contributed by atoms with Crippen molar-refractivity contribution >= 4 is 46.2 Å².